The van der Waals surface area contributed by atoms with E-state index in [0.717, 1.165) is 59.0 Å². The van der Waals surface area contributed by atoms with E-state index in [4.69, 9.17) is 5.73 Å². The Morgan fingerprint density at radius 1 is 1.29 bits per heavy atom. The highest BCUT2D eigenvalue weighted by atomic mass is 16.2. The van der Waals surface area contributed by atoms with Crippen molar-refractivity contribution in [2.24, 2.45) is 23.8 Å². The van der Waals surface area contributed by atoms with Gasteiger partial charge in [-0.25, -0.2) is 5.43 Å². The van der Waals surface area contributed by atoms with E-state index >= 15 is 0 Å². The molecular weight excluding hydrogens is 392 g/mol. The van der Waals surface area contributed by atoms with Crippen molar-refractivity contribution in [1.82, 2.24) is 20.2 Å². The first-order valence-electron chi connectivity index (χ1n) is 10.8. The van der Waals surface area contributed by atoms with Gasteiger partial charge < -0.3 is 10.7 Å². The summed E-state index contributed by atoms with van der Waals surface area (Å²) in [5, 5.41) is 9.12. The summed E-state index contributed by atoms with van der Waals surface area (Å²) in [7, 11) is 1.85. The Morgan fingerprint density at radius 3 is 2.84 bits per heavy atom. The predicted octanol–water partition coefficient (Wildman–Crippen LogP) is 2.66. The highest BCUT2D eigenvalue weighted by molar-refractivity contribution is 6.17. The summed E-state index contributed by atoms with van der Waals surface area (Å²) >= 11 is 0. The molecule has 1 aromatic carbocycles. The number of aromatic amines is 1. The number of carbonyl (C=O) groups excluding carboxylic acids is 2. The number of hydrogen-bond donors (Lipinski definition) is 3. The highest BCUT2D eigenvalue weighted by Gasteiger charge is 2.27. The average molecular weight is 419 g/mol. The number of hydrogen-bond acceptors (Lipinski definition) is 5. The van der Waals surface area contributed by atoms with E-state index < -0.39 is 6.04 Å². The number of amides is 1. The zero-order valence-corrected chi connectivity index (χ0v) is 17.5. The van der Waals surface area contributed by atoms with E-state index in [2.05, 4.69) is 20.6 Å². The number of aromatic nitrogens is 3. The standard InChI is InChI=1S/C23H26N6O2/c1-29-12-15(10-26-29)22-17-11-25-28-23(31)16-7-13(8-18(27-22)20(16)17)9-19(30)21(24)14-5-3-2-4-6-14/h7-8,10-12,14,21,27H,2-6,9,24H2,1H3,(H,28,31). The smallest absolute Gasteiger partial charge is 0.272 e. The molecule has 2 aromatic heterocycles. The van der Waals surface area contributed by atoms with Crippen LogP contribution in [0.15, 0.2) is 29.6 Å². The number of carbonyl (C=O) groups is 2. The van der Waals surface area contributed by atoms with Crippen molar-refractivity contribution in [2.45, 2.75) is 44.6 Å². The molecule has 0 radical (unpaired) electrons. The normalized spacial score (nSPS) is 17.5. The first-order chi connectivity index (χ1) is 15.0. The molecule has 3 heterocycles. The molecule has 1 unspecified atom stereocenters. The van der Waals surface area contributed by atoms with Gasteiger partial charge >= 0.3 is 0 Å². The molecular formula is C23H26N6O2. The van der Waals surface area contributed by atoms with Crippen molar-refractivity contribution in [2.75, 3.05) is 0 Å². The maximum Gasteiger partial charge on any atom is 0.272 e. The van der Waals surface area contributed by atoms with Crippen molar-refractivity contribution in [3.8, 4) is 11.3 Å². The van der Waals surface area contributed by atoms with Gasteiger partial charge in [0.1, 0.15) is 0 Å². The number of nitrogens with one attached hydrogen (secondary N) is 2. The molecule has 0 saturated heterocycles. The summed E-state index contributed by atoms with van der Waals surface area (Å²) < 4.78 is 1.72. The Balaban J connectivity index is 1.53. The van der Waals surface area contributed by atoms with Crippen LogP contribution in [0.2, 0.25) is 0 Å². The minimum Gasteiger partial charge on any atom is -0.354 e. The summed E-state index contributed by atoms with van der Waals surface area (Å²) in [6.45, 7) is 0. The number of ketones is 1. The minimum atomic E-state index is -0.447. The van der Waals surface area contributed by atoms with Gasteiger partial charge in [-0.2, -0.15) is 10.2 Å². The number of rotatable bonds is 5. The van der Waals surface area contributed by atoms with Crippen LogP contribution in [0, 0.1) is 5.92 Å². The molecule has 4 N–H and O–H groups in total. The third-order valence-corrected chi connectivity index (χ3v) is 6.50. The Bertz CT molecular complexity index is 1200. The van der Waals surface area contributed by atoms with Crippen LogP contribution < -0.4 is 11.2 Å². The molecule has 2 aliphatic rings. The van der Waals surface area contributed by atoms with Gasteiger partial charge in [-0.1, -0.05) is 19.3 Å². The Kier molecular flexibility index (Phi) is 4.94. The van der Waals surface area contributed by atoms with Crippen LogP contribution >= 0.6 is 0 Å². The SMILES string of the molecule is Cn1cc(-c2[nH]c3cc(CC(=O)C(N)C4CCCCC4)cc4c3c2C=NNC4=O)cn1. The number of aryl methyl sites for hydroxylation is 1. The van der Waals surface area contributed by atoms with Crippen LogP contribution in [-0.4, -0.2) is 38.7 Å². The van der Waals surface area contributed by atoms with E-state index in [1.807, 2.05) is 19.3 Å². The van der Waals surface area contributed by atoms with Gasteiger partial charge in [0, 0.05) is 41.7 Å². The van der Waals surface area contributed by atoms with Gasteiger partial charge in [-0.15, -0.1) is 0 Å². The summed E-state index contributed by atoms with van der Waals surface area (Å²) in [5.41, 5.74) is 13.5. The van der Waals surface area contributed by atoms with E-state index in [1.165, 1.54) is 6.42 Å². The molecule has 1 aliphatic carbocycles. The van der Waals surface area contributed by atoms with Crippen LogP contribution in [-0.2, 0) is 18.3 Å². The Hall–Kier alpha value is -3.26. The lowest BCUT2D eigenvalue weighted by Crippen LogP contribution is -2.40. The van der Waals surface area contributed by atoms with Crippen LogP contribution in [0.5, 0.6) is 0 Å². The molecule has 31 heavy (non-hydrogen) atoms. The fourth-order valence-corrected chi connectivity index (χ4v) is 4.90. The summed E-state index contributed by atoms with van der Waals surface area (Å²) in [6.07, 6.45) is 11.1. The first-order valence-corrected chi connectivity index (χ1v) is 10.8. The molecule has 8 heteroatoms. The van der Waals surface area contributed by atoms with Crippen molar-refractivity contribution in [3.63, 3.8) is 0 Å². The van der Waals surface area contributed by atoms with Crippen molar-refractivity contribution < 1.29 is 9.59 Å². The zero-order valence-electron chi connectivity index (χ0n) is 17.5. The summed E-state index contributed by atoms with van der Waals surface area (Å²) in [5.74, 6) is 0.00288. The molecule has 0 bridgehead atoms. The lowest BCUT2D eigenvalue weighted by Gasteiger charge is -2.26. The largest absolute Gasteiger partial charge is 0.354 e. The molecule has 8 nitrogen and oxygen atoms in total. The van der Waals surface area contributed by atoms with E-state index in [0.29, 0.717) is 5.56 Å². The van der Waals surface area contributed by atoms with Gasteiger partial charge in [0.05, 0.1) is 29.7 Å². The predicted molar refractivity (Wildman–Crippen MR) is 119 cm³/mol. The van der Waals surface area contributed by atoms with Gasteiger partial charge in [0.15, 0.2) is 5.78 Å². The third kappa shape index (κ3) is 3.57. The fraction of sp³-hybridized carbons (Fsp3) is 0.391. The van der Waals surface area contributed by atoms with Crippen LogP contribution in [0.1, 0.15) is 53.6 Å². The minimum absolute atomic E-state index is 0.0305. The van der Waals surface area contributed by atoms with Crippen LogP contribution in [0.4, 0.5) is 0 Å². The van der Waals surface area contributed by atoms with E-state index in [-0.39, 0.29) is 24.0 Å². The van der Waals surface area contributed by atoms with Gasteiger partial charge in [0.25, 0.3) is 5.91 Å². The number of nitrogens with two attached hydrogens (primary N) is 1. The third-order valence-electron chi connectivity index (χ3n) is 6.50. The molecule has 0 spiro atoms. The maximum absolute atomic E-state index is 12.9. The number of benzene rings is 1. The van der Waals surface area contributed by atoms with Gasteiger partial charge in [-0.05, 0) is 36.5 Å². The van der Waals surface area contributed by atoms with Crippen LogP contribution in [0.25, 0.3) is 22.2 Å². The number of hydrazone groups is 1. The molecule has 3 aromatic rings. The molecule has 1 saturated carbocycles. The summed E-state index contributed by atoms with van der Waals surface area (Å²) in [4.78, 5) is 29.0. The number of nitrogens with zero attached hydrogens (tertiary/aromatic N) is 3. The summed E-state index contributed by atoms with van der Waals surface area (Å²) in [6, 6.07) is 3.29. The quantitative estimate of drug-likeness (QED) is 0.590. The average Bonchev–Trinajstić information content (AvgIpc) is 3.31. The molecule has 1 fully saturated rings. The van der Waals surface area contributed by atoms with Crippen LogP contribution in [0.3, 0.4) is 0 Å². The molecule has 1 amide bonds. The maximum atomic E-state index is 12.9. The van der Waals surface area contributed by atoms with Crippen molar-refractivity contribution >= 4 is 28.8 Å². The van der Waals surface area contributed by atoms with E-state index in [9.17, 15) is 9.59 Å². The lowest BCUT2D eigenvalue weighted by atomic mass is 9.81. The first kappa shape index (κ1) is 19.7. The Labute approximate surface area is 179 Å². The fourth-order valence-electron chi connectivity index (χ4n) is 4.90. The molecule has 5 rings (SSSR count). The van der Waals surface area contributed by atoms with Crippen molar-refractivity contribution in [1.29, 1.82) is 0 Å². The van der Waals surface area contributed by atoms with E-state index in [1.54, 1.807) is 23.2 Å². The second kappa shape index (κ2) is 7.77. The lowest BCUT2D eigenvalue weighted by molar-refractivity contribution is -0.121. The monoisotopic (exact) mass is 418 g/mol. The molecule has 1 atom stereocenters. The second-order valence-corrected chi connectivity index (χ2v) is 8.65. The second-order valence-electron chi connectivity index (χ2n) is 8.65. The number of Topliss-reactive ketones (excluding diaryl/α,β-unsaturated/α-hetero) is 1. The van der Waals surface area contributed by atoms with Crippen molar-refractivity contribution in [3.05, 3.63) is 41.2 Å². The topological polar surface area (TPSA) is 118 Å². The number of H-pyrrole nitrogens is 1. The van der Waals surface area contributed by atoms with Gasteiger partial charge in [-0.3, -0.25) is 14.3 Å². The Morgan fingerprint density at radius 2 is 2.10 bits per heavy atom. The highest BCUT2D eigenvalue weighted by Crippen LogP contribution is 2.34. The molecule has 1 aliphatic heterocycles. The molecule has 160 valence electrons. The van der Waals surface area contributed by atoms with Gasteiger partial charge in [0.2, 0.25) is 0 Å². The zero-order chi connectivity index (χ0) is 21.5.